The van der Waals surface area contributed by atoms with E-state index in [1.54, 1.807) is 36.6 Å². The molecular weight excluding hydrogens is 494 g/mol. The highest BCUT2D eigenvalue weighted by atomic mass is 16.3. The van der Waals surface area contributed by atoms with Crippen LogP contribution in [0.3, 0.4) is 0 Å². The number of aromatic hydroxyl groups is 1. The number of phenols is 1. The standard InChI is InChI=1S/C31H35N3O5/c1-5-34(28-14-9-17-38-28)18-25(22-10-6-7-13-26(22)35)20(3)29-23(30(32)36)11-8-12-24(29)31(37)33-21(4)27-16-15-19(2)39-27/h6-17,20-21,25,35H,5,18H2,1-4H3,(H2,32,36)(H,33,37)/t20-,21?,25+/m0/s1. The molecule has 8 nitrogen and oxygen atoms in total. The molecule has 0 saturated carbocycles. The molecule has 204 valence electrons. The Morgan fingerprint density at radius 3 is 2.36 bits per heavy atom. The van der Waals surface area contributed by atoms with E-state index in [1.165, 1.54) is 0 Å². The molecular formula is C31H35N3O5. The number of aryl methyl sites for hydroxylation is 1. The molecule has 1 unspecified atom stereocenters. The number of primary amides is 1. The van der Waals surface area contributed by atoms with Gasteiger partial charge in [0.1, 0.15) is 17.3 Å². The summed E-state index contributed by atoms with van der Waals surface area (Å²) in [6.07, 6.45) is 1.61. The lowest BCUT2D eigenvalue weighted by molar-refractivity contribution is 0.0933. The minimum Gasteiger partial charge on any atom is -0.508 e. The third kappa shape index (κ3) is 6.00. The van der Waals surface area contributed by atoms with Crippen molar-refractivity contribution in [3.8, 4) is 5.75 Å². The van der Waals surface area contributed by atoms with Crippen molar-refractivity contribution >= 4 is 17.7 Å². The summed E-state index contributed by atoms with van der Waals surface area (Å²) < 4.78 is 11.4. The first-order chi connectivity index (χ1) is 18.7. The highest BCUT2D eigenvalue weighted by Gasteiger charge is 2.32. The first-order valence-corrected chi connectivity index (χ1v) is 13.1. The van der Waals surface area contributed by atoms with Crippen molar-refractivity contribution in [2.75, 3.05) is 18.0 Å². The number of nitrogens with zero attached hydrogens (tertiary/aromatic N) is 1. The molecule has 0 fully saturated rings. The molecule has 4 aromatic rings. The van der Waals surface area contributed by atoms with E-state index in [1.807, 2.05) is 64.1 Å². The molecule has 8 heteroatoms. The Labute approximate surface area is 228 Å². The van der Waals surface area contributed by atoms with Gasteiger partial charge in [0, 0.05) is 36.2 Å². The van der Waals surface area contributed by atoms with E-state index in [9.17, 15) is 14.7 Å². The molecule has 0 saturated heterocycles. The second-order valence-corrected chi connectivity index (χ2v) is 9.72. The number of furan rings is 2. The zero-order chi connectivity index (χ0) is 28.1. The Balaban J connectivity index is 1.78. The number of nitrogens with one attached hydrogen (secondary N) is 1. The maximum Gasteiger partial charge on any atom is 0.252 e. The monoisotopic (exact) mass is 529 g/mol. The van der Waals surface area contributed by atoms with Gasteiger partial charge in [-0.1, -0.05) is 31.2 Å². The predicted molar refractivity (Wildman–Crippen MR) is 150 cm³/mol. The Morgan fingerprint density at radius 1 is 1.00 bits per heavy atom. The summed E-state index contributed by atoms with van der Waals surface area (Å²) in [4.78, 5) is 28.3. The van der Waals surface area contributed by atoms with Crippen LogP contribution in [0.15, 0.2) is 81.8 Å². The van der Waals surface area contributed by atoms with Gasteiger partial charge in [-0.15, -0.1) is 0 Å². The maximum atomic E-state index is 13.6. The van der Waals surface area contributed by atoms with Crippen LogP contribution >= 0.6 is 0 Å². The van der Waals surface area contributed by atoms with Crippen LogP contribution in [0.25, 0.3) is 0 Å². The summed E-state index contributed by atoms with van der Waals surface area (Å²) in [7, 11) is 0. The second-order valence-electron chi connectivity index (χ2n) is 9.72. The normalized spacial score (nSPS) is 13.4. The largest absolute Gasteiger partial charge is 0.508 e. The summed E-state index contributed by atoms with van der Waals surface area (Å²) in [5.74, 6) is 0.500. The number of hydrogen-bond donors (Lipinski definition) is 3. The molecule has 2 amide bonds. The van der Waals surface area contributed by atoms with Crippen molar-refractivity contribution in [3.05, 3.63) is 107 Å². The van der Waals surface area contributed by atoms with E-state index < -0.39 is 17.9 Å². The fraction of sp³-hybridized carbons (Fsp3) is 0.290. The number of benzene rings is 2. The average Bonchev–Trinajstić information content (AvgIpc) is 3.61. The van der Waals surface area contributed by atoms with Gasteiger partial charge < -0.3 is 29.9 Å². The molecule has 2 aromatic carbocycles. The summed E-state index contributed by atoms with van der Waals surface area (Å²) in [6, 6.07) is 19.1. The quantitative estimate of drug-likeness (QED) is 0.223. The van der Waals surface area contributed by atoms with E-state index in [0.29, 0.717) is 41.4 Å². The minimum absolute atomic E-state index is 0.134. The number of amides is 2. The van der Waals surface area contributed by atoms with Gasteiger partial charge in [-0.2, -0.15) is 0 Å². The van der Waals surface area contributed by atoms with Crippen LogP contribution in [0.1, 0.15) is 82.0 Å². The first kappa shape index (κ1) is 27.6. The van der Waals surface area contributed by atoms with Gasteiger partial charge in [0.15, 0.2) is 5.88 Å². The number of rotatable bonds is 11. The number of hydrogen-bond acceptors (Lipinski definition) is 6. The van der Waals surface area contributed by atoms with E-state index in [2.05, 4.69) is 10.2 Å². The van der Waals surface area contributed by atoms with Gasteiger partial charge in [0.05, 0.1) is 12.3 Å². The lowest BCUT2D eigenvalue weighted by atomic mass is 9.78. The van der Waals surface area contributed by atoms with Gasteiger partial charge in [0.2, 0.25) is 5.91 Å². The molecule has 0 aliphatic rings. The van der Waals surface area contributed by atoms with Crippen LogP contribution in [0.2, 0.25) is 0 Å². The van der Waals surface area contributed by atoms with Crippen LogP contribution in [0.4, 0.5) is 5.88 Å². The number of carbonyl (C=O) groups excluding carboxylic acids is 2. The number of likely N-dealkylation sites (N-methyl/N-ethyl adjacent to an activating group) is 1. The van der Waals surface area contributed by atoms with Crippen LogP contribution in [-0.4, -0.2) is 30.0 Å². The van der Waals surface area contributed by atoms with Gasteiger partial charge in [-0.25, -0.2) is 0 Å². The highest BCUT2D eigenvalue weighted by Crippen LogP contribution is 2.41. The summed E-state index contributed by atoms with van der Waals surface area (Å²) in [5.41, 5.74) is 7.65. The number of phenolic OH excluding ortho intramolecular Hbond substituents is 1. The fourth-order valence-electron chi connectivity index (χ4n) is 5.09. The van der Waals surface area contributed by atoms with Crippen molar-refractivity contribution in [2.24, 2.45) is 5.73 Å². The zero-order valence-corrected chi connectivity index (χ0v) is 22.7. The summed E-state index contributed by atoms with van der Waals surface area (Å²) >= 11 is 0. The molecule has 0 radical (unpaired) electrons. The van der Waals surface area contributed by atoms with Crippen molar-refractivity contribution in [2.45, 2.75) is 45.6 Å². The third-order valence-electron chi connectivity index (χ3n) is 7.16. The van der Waals surface area contributed by atoms with Crippen LogP contribution in [0.5, 0.6) is 5.75 Å². The van der Waals surface area contributed by atoms with Gasteiger partial charge in [0.25, 0.3) is 5.91 Å². The van der Waals surface area contributed by atoms with Gasteiger partial charge in [-0.05, 0) is 74.2 Å². The van der Waals surface area contributed by atoms with E-state index >= 15 is 0 Å². The van der Waals surface area contributed by atoms with Crippen LogP contribution < -0.4 is 16.0 Å². The van der Waals surface area contributed by atoms with Crippen LogP contribution in [0, 0.1) is 6.92 Å². The smallest absolute Gasteiger partial charge is 0.252 e. The topological polar surface area (TPSA) is 122 Å². The van der Waals surface area contributed by atoms with Gasteiger partial charge >= 0.3 is 0 Å². The molecule has 0 aliphatic carbocycles. The van der Waals surface area contributed by atoms with Crippen molar-refractivity contribution < 1.29 is 23.5 Å². The SMILES string of the molecule is CCN(C[C@@H](c1ccccc1O)[C@H](C)c1c(C(N)=O)cccc1C(=O)NC(C)c1ccc(C)o1)c1ccco1. The molecule has 0 bridgehead atoms. The molecule has 2 aromatic heterocycles. The number of carbonyl (C=O) groups is 2. The van der Waals surface area contributed by atoms with E-state index in [0.717, 1.165) is 5.76 Å². The molecule has 0 spiro atoms. The predicted octanol–water partition coefficient (Wildman–Crippen LogP) is 5.89. The van der Waals surface area contributed by atoms with Crippen LogP contribution in [-0.2, 0) is 0 Å². The number of para-hydroxylation sites is 1. The van der Waals surface area contributed by atoms with Crippen molar-refractivity contribution in [1.82, 2.24) is 5.32 Å². The Kier molecular flexibility index (Phi) is 8.44. The Hall–Kier alpha value is -4.46. The molecule has 39 heavy (non-hydrogen) atoms. The molecule has 2 heterocycles. The van der Waals surface area contributed by atoms with Crippen molar-refractivity contribution in [1.29, 1.82) is 0 Å². The minimum atomic E-state index is -0.629. The van der Waals surface area contributed by atoms with E-state index in [4.69, 9.17) is 14.6 Å². The number of nitrogens with two attached hydrogens (primary N) is 1. The van der Waals surface area contributed by atoms with E-state index in [-0.39, 0.29) is 23.1 Å². The van der Waals surface area contributed by atoms with Crippen molar-refractivity contribution in [3.63, 3.8) is 0 Å². The Morgan fingerprint density at radius 2 is 1.74 bits per heavy atom. The van der Waals surface area contributed by atoms with Gasteiger partial charge in [-0.3, -0.25) is 9.59 Å². The number of anilines is 1. The molecule has 3 atom stereocenters. The summed E-state index contributed by atoms with van der Waals surface area (Å²) in [5, 5.41) is 13.9. The second kappa shape index (κ2) is 11.9. The maximum absolute atomic E-state index is 13.6. The fourth-order valence-corrected chi connectivity index (χ4v) is 5.09. The first-order valence-electron chi connectivity index (χ1n) is 13.1. The average molecular weight is 530 g/mol. The zero-order valence-electron chi connectivity index (χ0n) is 22.7. The summed E-state index contributed by atoms with van der Waals surface area (Å²) in [6.45, 7) is 8.75. The lowest BCUT2D eigenvalue weighted by Crippen LogP contribution is -2.33. The molecule has 4 rings (SSSR count). The third-order valence-corrected chi connectivity index (χ3v) is 7.16. The Bertz CT molecular complexity index is 1430. The lowest BCUT2D eigenvalue weighted by Gasteiger charge is -2.33. The molecule has 0 aliphatic heterocycles. The molecule has 4 N–H and O–H groups in total. The highest BCUT2D eigenvalue weighted by molar-refractivity contribution is 6.02.